The zero-order chi connectivity index (χ0) is 13.8. The van der Waals surface area contributed by atoms with Crippen LogP contribution in [0.2, 0.25) is 10.0 Å². The molecule has 0 bridgehead atoms. The number of hydrogen-bond donors (Lipinski definition) is 2. The highest BCUT2D eigenvalue weighted by atomic mass is 35.5. The van der Waals surface area contributed by atoms with Crippen LogP contribution in [-0.4, -0.2) is 37.1 Å². The van der Waals surface area contributed by atoms with Crippen LogP contribution in [0.3, 0.4) is 0 Å². The quantitative estimate of drug-likeness (QED) is 0.881. The number of likely N-dealkylation sites (N-methyl/N-ethyl adjacent to an activating group) is 1. The average Bonchev–Trinajstić information content (AvgIpc) is 2.43. The number of anilines is 1. The third-order valence-corrected chi connectivity index (χ3v) is 3.87. The van der Waals surface area contributed by atoms with Gasteiger partial charge in [0.25, 0.3) is 0 Å². The Kier molecular flexibility index (Phi) is 4.91. The summed E-state index contributed by atoms with van der Waals surface area (Å²) in [5.41, 5.74) is 0.537. The Morgan fingerprint density at radius 3 is 2.95 bits per heavy atom. The molecule has 1 atom stereocenters. The Bertz CT molecular complexity index is 461. The van der Waals surface area contributed by atoms with E-state index in [-0.39, 0.29) is 12.1 Å². The van der Waals surface area contributed by atoms with Gasteiger partial charge in [-0.2, -0.15) is 0 Å². The van der Waals surface area contributed by atoms with Crippen LogP contribution in [-0.2, 0) is 0 Å². The number of amides is 2. The predicted molar refractivity (Wildman–Crippen MR) is 79.1 cm³/mol. The third kappa shape index (κ3) is 3.75. The molecule has 0 spiro atoms. The fraction of sp³-hybridized carbons (Fsp3) is 0.462. The predicted octanol–water partition coefficient (Wildman–Crippen LogP) is 3.21. The first-order valence-electron chi connectivity index (χ1n) is 6.27. The molecule has 1 aliphatic heterocycles. The number of nitrogens with zero attached hydrogens (tertiary/aromatic N) is 1. The van der Waals surface area contributed by atoms with E-state index in [1.54, 1.807) is 30.1 Å². The van der Waals surface area contributed by atoms with Crippen molar-refractivity contribution in [2.24, 2.45) is 0 Å². The summed E-state index contributed by atoms with van der Waals surface area (Å²) in [4.78, 5) is 13.9. The van der Waals surface area contributed by atoms with Gasteiger partial charge in [0.05, 0.1) is 10.7 Å². The second-order valence-electron chi connectivity index (χ2n) is 4.67. The molecular weight excluding hydrogens is 285 g/mol. The molecule has 2 rings (SSSR count). The van der Waals surface area contributed by atoms with Crippen molar-refractivity contribution in [3.05, 3.63) is 28.2 Å². The number of rotatable bonds is 2. The lowest BCUT2D eigenvalue weighted by molar-refractivity contribution is 0.191. The molecule has 1 aliphatic rings. The number of urea groups is 1. The fourth-order valence-corrected chi connectivity index (χ4v) is 2.46. The molecule has 2 N–H and O–H groups in total. The zero-order valence-electron chi connectivity index (χ0n) is 10.7. The number of halogens is 2. The maximum Gasteiger partial charge on any atom is 0.321 e. The lowest BCUT2D eigenvalue weighted by Gasteiger charge is -2.31. The van der Waals surface area contributed by atoms with E-state index in [1.807, 2.05) is 0 Å². The summed E-state index contributed by atoms with van der Waals surface area (Å²) < 4.78 is 0. The smallest absolute Gasteiger partial charge is 0.321 e. The van der Waals surface area contributed by atoms with Crippen molar-refractivity contribution in [1.29, 1.82) is 0 Å². The fourth-order valence-electron chi connectivity index (χ4n) is 2.13. The first-order valence-corrected chi connectivity index (χ1v) is 7.03. The van der Waals surface area contributed by atoms with Gasteiger partial charge in [0, 0.05) is 24.7 Å². The van der Waals surface area contributed by atoms with Crippen molar-refractivity contribution in [3.8, 4) is 0 Å². The standard InChI is InChI=1S/C13H17Cl2N3O/c1-18(10-3-2-6-16-8-10)13(19)17-12-7-9(14)4-5-11(12)15/h4-5,7,10,16H,2-3,6,8H2,1H3,(H,17,19). The second kappa shape index (κ2) is 6.46. The summed E-state index contributed by atoms with van der Waals surface area (Å²) in [6.07, 6.45) is 2.10. The lowest BCUT2D eigenvalue weighted by Crippen LogP contribution is -2.48. The molecule has 1 fully saturated rings. The highest BCUT2D eigenvalue weighted by Gasteiger charge is 2.22. The molecule has 1 aromatic carbocycles. The van der Waals surface area contributed by atoms with Crippen LogP contribution < -0.4 is 10.6 Å². The van der Waals surface area contributed by atoms with Crippen molar-refractivity contribution < 1.29 is 4.79 Å². The number of nitrogens with one attached hydrogen (secondary N) is 2. The summed E-state index contributed by atoms with van der Waals surface area (Å²) in [7, 11) is 1.80. The van der Waals surface area contributed by atoms with Gasteiger partial charge >= 0.3 is 6.03 Å². The van der Waals surface area contributed by atoms with Crippen LogP contribution in [0.25, 0.3) is 0 Å². The minimum atomic E-state index is -0.169. The summed E-state index contributed by atoms with van der Waals surface area (Å²) >= 11 is 11.9. The number of piperidine rings is 1. The van der Waals surface area contributed by atoms with E-state index in [2.05, 4.69) is 10.6 Å². The maximum absolute atomic E-state index is 12.2. The van der Waals surface area contributed by atoms with Crippen molar-refractivity contribution in [2.45, 2.75) is 18.9 Å². The maximum atomic E-state index is 12.2. The largest absolute Gasteiger partial charge is 0.323 e. The van der Waals surface area contributed by atoms with Gasteiger partial charge in [0.2, 0.25) is 0 Å². The van der Waals surface area contributed by atoms with Gasteiger partial charge in [-0.05, 0) is 37.6 Å². The van der Waals surface area contributed by atoms with Crippen molar-refractivity contribution >= 4 is 34.9 Å². The summed E-state index contributed by atoms with van der Waals surface area (Å²) in [6.45, 7) is 1.85. The first-order chi connectivity index (χ1) is 9.08. The normalized spacial score (nSPS) is 19.0. The monoisotopic (exact) mass is 301 g/mol. The number of hydrogen-bond acceptors (Lipinski definition) is 2. The van der Waals surface area contributed by atoms with E-state index < -0.39 is 0 Å². The lowest BCUT2D eigenvalue weighted by atomic mass is 10.1. The molecule has 2 amide bonds. The Balaban J connectivity index is 2.01. The van der Waals surface area contributed by atoms with Gasteiger partial charge in [0.15, 0.2) is 0 Å². The molecule has 1 heterocycles. The SMILES string of the molecule is CN(C(=O)Nc1cc(Cl)ccc1Cl)C1CCCNC1. The van der Waals surface area contributed by atoms with Gasteiger partial charge < -0.3 is 15.5 Å². The van der Waals surface area contributed by atoms with E-state index >= 15 is 0 Å². The van der Waals surface area contributed by atoms with Gasteiger partial charge in [-0.1, -0.05) is 23.2 Å². The van der Waals surface area contributed by atoms with Gasteiger partial charge in [-0.3, -0.25) is 0 Å². The number of carbonyl (C=O) groups is 1. The van der Waals surface area contributed by atoms with Crippen LogP contribution in [0.15, 0.2) is 18.2 Å². The molecule has 19 heavy (non-hydrogen) atoms. The third-order valence-electron chi connectivity index (χ3n) is 3.31. The van der Waals surface area contributed by atoms with Crippen LogP contribution >= 0.6 is 23.2 Å². The van der Waals surface area contributed by atoms with E-state index in [0.29, 0.717) is 15.7 Å². The average molecular weight is 302 g/mol. The second-order valence-corrected chi connectivity index (χ2v) is 5.51. The first kappa shape index (κ1) is 14.4. The Morgan fingerprint density at radius 1 is 1.47 bits per heavy atom. The van der Waals surface area contributed by atoms with Crippen molar-refractivity contribution in [3.63, 3.8) is 0 Å². The van der Waals surface area contributed by atoms with E-state index in [9.17, 15) is 4.79 Å². The minimum Gasteiger partial charge on any atom is -0.323 e. The molecule has 0 saturated carbocycles. The summed E-state index contributed by atoms with van der Waals surface area (Å²) in [5, 5.41) is 7.10. The van der Waals surface area contributed by atoms with Crippen LogP contribution in [0, 0.1) is 0 Å². The van der Waals surface area contributed by atoms with Crippen molar-refractivity contribution in [2.75, 3.05) is 25.5 Å². The molecular formula is C13H17Cl2N3O. The Labute approximate surface area is 123 Å². The molecule has 1 unspecified atom stereocenters. The van der Waals surface area contributed by atoms with Crippen LogP contribution in [0.5, 0.6) is 0 Å². The number of carbonyl (C=O) groups excluding carboxylic acids is 1. The molecule has 0 radical (unpaired) electrons. The Hall–Kier alpha value is -0.970. The Morgan fingerprint density at radius 2 is 2.26 bits per heavy atom. The van der Waals surface area contributed by atoms with Crippen LogP contribution in [0.4, 0.5) is 10.5 Å². The molecule has 6 heteroatoms. The molecule has 104 valence electrons. The summed E-state index contributed by atoms with van der Waals surface area (Å²) in [5.74, 6) is 0. The van der Waals surface area contributed by atoms with Gasteiger partial charge in [-0.25, -0.2) is 4.79 Å². The molecule has 0 aromatic heterocycles. The van der Waals surface area contributed by atoms with E-state index in [1.165, 1.54) is 0 Å². The molecule has 0 aliphatic carbocycles. The van der Waals surface area contributed by atoms with Crippen LogP contribution in [0.1, 0.15) is 12.8 Å². The number of benzene rings is 1. The molecule has 1 saturated heterocycles. The highest BCUT2D eigenvalue weighted by molar-refractivity contribution is 6.35. The molecule has 1 aromatic rings. The highest BCUT2D eigenvalue weighted by Crippen LogP contribution is 2.25. The topological polar surface area (TPSA) is 44.4 Å². The minimum absolute atomic E-state index is 0.169. The summed E-state index contributed by atoms with van der Waals surface area (Å²) in [6, 6.07) is 5.05. The zero-order valence-corrected chi connectivity index (χ0v) is 12.3. The molecule has 4 nitrogen and oxygen atoms in total. The van der Waals surface area contributed by atoms with Gasteiger partial charge in [-0.15, -0.1) is 0 Å². The van der Waals surface area contributed by atoms with Crippen molar-refractivity contribution in [1.82, 2.24) is 10.2 Å². The van der Waals surface area contributed by atoms with Gasteiger partial charge in [0.1, 0.15) is 0 Å². The van der Waals surface area contributed by atoms with E-state index in [0.717, 1.165) is 25.9 Å². The van der Waals surface area contributed by atoms with E-state index in [4.69, 9.17) is 23.2 Å².